The van der Waals surface area contributed by atoms with E-state index in [9.17, 15) is 13.2 Å². The molecule has 0 radical (unpaired) electrons. The molecular weight excluding hydrogens is 229 g/mol. The van der Waals surface area contributed by atoms with Gasteiger partial charge >= 0.3 is 6.18 Å². The topological polar surface area (TPSA) is 29.3 Å². The average molecular weight is 244 g/mol. The van der Waals surface area contributed by atoms with Crippen LogP contribution in [0.5, 0.6) is 0 Å². The van der Waals surface area contributed by atoms with Crippen molar-refractivity contribution in [2.24, 2.45) is 5.73 Å². The maximum Gasteiger partial charge on any atom is 0.418 e. The summed E-state index contributed by atoms with van der Waals surface area (Å²) in [6.45, 7) is 1.04. The highest BCUT2D eigenvalue weighted by Gasteiger charge is 2.36. The maximum absolute atomic E-state index is 12.9. The zero-order valence-corrected chi connectivity index (χ0v) is 9.37. The lowest BCUT2D eigenvalue weighted by atomic mass is 10.1. The molecule has 1 aromatic carbocycles. The SMILES string of the molecule is NCC1CCCN1c1ccccc1C(F)(F)F. The summed E-state index contributed by atoms with van der Waals surface area (Å²) in [7, 11) is 0. The van der Waals surface area contributed by atoms with Gasteiger partial charge in [0.2, 0.25) is 0 Å². The molecule has 5 heteroatoms. The summed E-state index contributed by atoms with van der Waals surface area (Å²) < 4.78 is 38.6. The normalized spacial score (nSPS) is 20.9. The van der Waals surface area contributed by atoms with E-state index in [-0.39, 0.29) is 11.7 Å². The summed E-state index contributed by atoms with van der Waals surface area (Å²) in [5.41, 5.74) is 5.29. The van der Waals surface area contributed by atoms with Gasteiger partial charge in [-0.15, -0.1) is 0 Å². The van der Waals surface area contributed by atoms with E-state index in [1.165, 1.54) is 12.1 Å². The van der Waals surface area contributed by atoms with Crippen molar-refractivity contribution < 1.29 is 13.2 Å². The summed E-state index contributed by atoms with van der Waals surface area (Å²) in [6.07, 6.45) is -2.55. The van der Waals surface area contributed by atoms with Crippen LogP contribution in [0.25, 0.3) is 0 Å². The Morgan fingerprint density at radius 3 is 2.65 bits per heavy atom. The smallest absolute Gasteiger partial charge is 0.367 e. The summed E-state index contributed by atoms with van der Waals surface area (Å²) in [5.74, 6) is 0. The number of hydrogen-bond donors (Lipinski definition) is 1. The molecule has 0 aromatic heterocycles. The fraction of sp³-hybridized carbons (Fsp3) is 0.500. The molecule has 17 heavy (non-hydrogen) atoms. The lowest BCUT2D eigenvalue weighted by molar-refractivity contribution is -0.137. The Morgan fingerprint density at radius 2 is 2.00 bits per heavy atom. The fourth-order valence-corrected chi connectivity index (χ4v) is 2.36. The summed E-state index contributed by atoms with van der Waals surface area (Å²) in [5, 5.41) is 0. The third-order valence-corrected chi connectivity index (χ3v) is 3.17. The number of alkyl halides is 3. The van der Waals surface area contributed by atoms with Crippen LogP contribution in [0.4, 0.5) is 18.9 Å². The van der Waals surface area contributed by atoms with Gasteiger partial charge in [0.25, 0.3) is 0 Å². The van der Waals surface area contributed by atoms with E-state index < -0.39 is 11.7 Å². The Morgan fingerprint density at radius 1 is 1.29 bits per heavy atom. The van der Waals surface area contributed by atoms with E-state index in [4.69, 9.17) is 5.73 Å². The molecule has 0 aliphatic carbocycles. The van der Waals surface area contributed by atoms with Gasteiger partial charge in [-0.05, 0) is 25.0 Å². The highest BCUT2D eigenvalue weighted by Crippen LogP contribution is 2.38. The zero-order valence-electron chi connectivity index (χ0n) is 9.37. The van der Waals surface area contributed by atoms with Gasteiger partial charge in [0.15, 0.2) is 0 Å². The Hall–Kier alpha value is -1.23. The van der Waals surface area contributed by atoms with Crippen LogP contribution in [0.2, 0.25) is 0 Å². The first-order valence-electron chi connectivity index (χ1n) is 5.67. The van der Waals surface area contributed by atoms with Crippen molar-refractivity contribution in [1.82, 2.24) is 0 Å². The van der Waals surface area contributed by atoms with Crippen molar-refractivity contribution in [1.29, 1.82) is 0 Å². The number of hydrogen-bond acceptors (Lipinski definition) is 2. The van der Waals surface area contributed by atoms with Gasteiger partial charge in [0.05, 0.1) is 5.56 Å². The van der Waals surface area contributed by atoms with Crippen molar-refractivity contribution in [2.45, 2.75) is 25.1 Å². The van der Waals surface area contributed by atoms with Crippen LogP contribution in [0, 0.1) is 0 Å². The molecule has 2 nitrogen and oxygen atoms in total. The van der Waals surface area contributed by atoms with E-state index in [0.717, 1.165) is 18.9 Å². The van der Waals surface area contributed by atoms with E-state index in [1.807, 2.05) is 0 Å². The molecule has 0 amide bonds. The first-order valence-corrected chi connectivity index (χ1v) is 5.67. The summed E-state index contributed by atoms with van der Waals surface area (Å²) in [6, 6.07) is 5.73. The van der Waals surface area contributed by atoms with Crippen LogP contribution in [-0.2, 0) is 6.18 Å². The average Bonchev–Trinajstić information content (AvgIpc) is 2.75. The van der Waals surface area contributed by atoms with Crippen molar-refractivity contribution >= 4 is 5.69 Å². The van der Waals surface area contributed by atoms with Crippen LogP contribution in [0.15, 0.2) is 24.3 Å². The molecule has 0 saturated carbocycles. The molecule has 0 spiro atoms. The molecule has 1 unspecified atom stereocenters. The van der Waals surface area contributed by atoms with Gasteiger partial charge < -0.3 is 10.6 Å². The number of anilines is 1. The highest BCUT2D eigenvalue weighted by molar-refractivity contribution is 5.56. The second-order valence-electron chi connectivity index (χ2n) is 4.24. The fourth-order valence-electron chi connectivity index (χ4n) is 2.36. The first-order chi connectivity index (χ1) is 8.04. The lowest BCUT2D eigenvalue weighted by Crippen LogP contribution is -2.36. The number of para-hydroxylation sites is 1. The second-order valence-corrected chi connectivity index (χ2v) is 4.24. The van der Waals surface area contributed by atoms with Gasteiger partial charge in [-0.3, -0.25) is 0 Å². The summed E-state index contributed by atoms with van der Waals surface area (Å²) in [4.78, 5) is 1.78. The van der Waals surface area contributed by atoms with Crippen LogP contribution in [-0.4, -0.2) is 19.1 Å². The predicted octanol–water partition coefficient (Wildman–Crippen LogP) is 2.63. The molecule has 94 valence electrons. The Bertz CT molecular complexity index is 390. The Labute approximate surface area is 98.2 Å². The molecule has 1 atom stereocenters. The quantitative estimate of drug-likeness (QED) is 0.866. The van der Waals surface area contributed by atoms with Gasteiger partial charge in [-0.1, -0.05) is 12.1 Å². The molecule has 2 N–H and O–H groups in total. The van der Waals surface area contributed by atoms with Gasteiger partial charge in [-0.25, -0.2) is 0 Å². The highest BCUT2D eigenvalue weighted by atomic mass is 19.4. The van der Waals surface area contributed by atoms with Crippen LogP contribution >= 0.6 is 0 Å². The molecule has 1 saturated heterocycles. The largest absolute Gasteiger partial charge is 0.418 e. The Balaban J connectivity index is 2.38. The molecule has 2 rings (SSSR count). The van der Waals surface area contributed by atoms with Crippen molar-refractivity contribution in [3.8, 4) is 0 Å². The van der Waals surface area contributed by atoms with E-state index >= 15 is 0 Å². The number of nitrogens with zero attached hydrogens (tertiary/aromatic N) is 1. The minimum atomic E-state index is -4.31. The number of benzene rings is 1. The van der Waals surface area contributed by atoms with Crippen LogP contribution < -0.4 is 10.6 Å². The van der Waals surface area contributed by atoms with Gasteiger partial charge in [-0.2, -0.15) is 13.2 Å². The molecule has 1 fully saturated rings. The number of halogens is 3. The number of rotatable bonds is 2. The Kier molecular flexibility index (Phi) is 3.28. The predicted molar refractivity (Wildman–Crippen MR) is 60.9 cm³/mol. The summed E-state index contributed by atoms with van der Waals surface area (Å²) >= 11 is 0. The van der Waals surface area contributed by atoms with Crippen molar-refractivity contribution in [3.63, 3.8) is 0 Å². The van der Waals surface area contributed by atoms with Crippen molar-refractivity contribution in [3.05, 3.63) is 29.8 Å². The molecular formula is C12H15F3N2. The van der Waals surface area contributed by atoms with E-state index in [0.29, 0.717) is 13.1 Å². The molecule has 1 aliphatic heterocycles. The molecule has 1 heterocycles. The minimum Gasteiger partial charge on any atom is -0.367 e. The standard InChI is InChI=1S/C12H15F3N2/c13-12(14,15)10-5-1-2-6-11(10)17-7-3-4-9(17)8-16/h1-2,5-6,9H,3-4,7-8,16H2. The minimum absolute atomic E-state index is 0.0264. The van der Waals surface area contributed by atoms with Crippen molar-refractivity contribution in [2.75, 3.05) is 18.0 Å². The molecule has 0 bridgehead atoms. The molecule has 1 aromatic rings. The van der Waals surface area contributed by atoms with Crippen LogP contribution in [0.1, 0.15) is 18.4 Å². The zero-order chi connectivity index (χ0) is 12.5. The molecule has 1 aliphatic rings. The van der Waals surface area contributed by atoms with Gasteiger partial charge in [0, 0.05) is 24.8 Å². The third kappa shape index (κ3) is 2.39. The first kappa shape index (κ1) is 12.2. The third-order valence-electron chi connectivity index (χ3n) is 3.17. The second kappa shape index (κ2) is 4.56. The van der Waals surface area contributed by atoms with E-state index in [2.05, 4.69) is 0 Å². The lowest BCUT2D eigenvalue weighted by Gasteiger charge is -2.28. The van der Waals surface area contributed by atoms with E-state index in [1.54, 1.807) is 11.0 Å². The number of nitrogens with two attached hydrogens (primary N) is 1. The van der Waals surface area contributed by atoms with Gasteiger partial charge in [0.1, 0.15) is 0 Å². The monoisotopic (exact) mass is 244 g/mol. The van der Waals surface area contributed by atoms with Crippen LogP contribution in [0.3, 0.4) is 0 Å². The maximum atomic E-state index is 12.9.